The minimum Gasteiger partial charge on any atom is -0.350 e. The number of carbonyl (C=O) groups is 2. The Morgan fingerprint density at radius 2 is 1.65 bits per heavy atom. The first-order chi connectivity index (χ1) is 15.6. The van der Waals surface area contributed by atoms with Crippen LogP contribution in [0.2, 0.25) is 5.02 Å². The van der Waals surface area contributed by atoms with Gasteiger partial charge < -0.3 is 10.2 Å². The van der Waals surface area contributed by atoms with Gasteiger partial charge >= 0.3 is 0 Å². The molecular formula is C25H34ClN3O4S. The van der Waals surface area contributed by atoms with Crippen molar-refractivity contribution in [1.29, 1.82) is 0 Å². The molecule has 2 amide bonds. The number of aryl methyl sites for hydroxylation is 2. The topological polar surface area (TPSA) is 86.8 Å². The van der Waals surface area contributed by atoms with Crippen molar-refractivity contribution in [3.8, 4) is 0 Å². The maximum absolute atomic E-state index is 13.5. The monoisotopic (exact) mass is 507 g/mol. The Bertz CT molecular complexity index is 1140. The standard InChI is InChI=1S/C25H34ClN3O4S/c1-17-8-13-22(18(2)14-17)29(34(7,32)33)16-23(30)28(15-20-9-11-21(26)12-10-20)19(3)24(31)27-25(4,5)6/h8-14,19H,15-16H2,1-7H3,(H,27,31)/t19-/m0/s1. The molecule has 2 rings (SSSR count). The molecule has 0 spiro atoms. The van der Waals surface area contributed by atoms with Gasteiger partial charge in [0.25, 0.3) is 0 Å². The third-order valence-corrected chi connectivity index (χ3v) is 6.61. The predicted molar refractivity (Wildman–Crippen MR) is 137 cm³/mol. The van der Waals surface area contributed by atoms with E-state index in [-0.39, 0.29) is 12.5 Å². The van der Waals surface area contributed by atoms with Crippen LogP contribution in [0.4, 0.5) is 5.69 Å². The van der Waals surface area contributed by atoms with Crippen LogP contribution in [-0.2, 0) is 26.2 Å². The number of halogens is 1. The summed E-state index contributed by atoms with van der Waals surface area (Å²) in [5, 5.41) is 3.45. The fraction of sp³-hybridized carbons (Fsp3) is 0.440. The summed E-state index contributed by atoms with van der Waals surface area (Å²) in [5.41, 5.74) is 2.43. The highest BCUT2D eigenvalue weighted by molar-refractivity contribution is 7.92. The van der Waals surface area contributed by atoms with E-state index in [4.69, 9.17) is 11.6 Å². The van der Waals surface area contributed by atoms with Crippen LogP contribution in [0.15, 0.2) is 42.5 Å². The van der Waals surface area contributed by atoms with E-state index in [9.17, 15) is 18.0 Å². The molecule has 34 heavy (non-hydrogen) atoms. The van der Waals surface area contributed by atoms with Crippen LogP contribution in [0.25, 0.3) is 0 Å². The smallest absolute Gasteiger partial charge is 0.244 e. The predicted octanol–water partition coefficient (Wildman–Crippen LogP) is 4.05. The van der Waals surface area contributed by atoms with Gasteiger partial charge in [0.15, 0.2) is 0 Å². The summed E-state index contributed by atoms with van der Waals surface area (Å²) in [5.74, 6) is -0.816. The molecule has 186 valence electrons. The molecule has 1 atom stereocenters. The Morgan fingerprint density at radius 1 is 1.06 bits per heavy atom. The first kappa shape index (κ1) is 27.7. The third kappa shape index (κ3) is 7.74. The number of hydrogen-bond donors (Lipinski definition) is 1. The van der Waals surface area contributed by atoms with Gasteiger partial charge in [0, 0.05) is 17.1 Å². The number of rotatable bonds is 8. The largest absolute Gasteiger partial charge is 0.350 e. The lowest BCUT2D eigenvalue weighted by atomic mass is 10.1. The molecule has 0 aliphatic rings. The number of hydrogen-bond acceptors (Lipinski definition) is 4. The first-order valence-electron chi connectivity index (χ1n) is 11.0. The van der Waals surface area contributed by atoms with Crippen LogP contribution in [0, 0.1) is 13.8 Å². The van der Waals surface area contributed by atoms with Gasteiger partial charge in [-0.3, -0.25) is 13.9 Å². The first-order valence-corrected chi connectivity index (χ1v) is 13.2. The van der Waals surface area contributed by atoms with Crippen LogP contribution in [-0.4, -0.2) is 49.5 Å². The highest BCUT2D eigenvalue weighted by atomic mass is 35.5. The second-order valence-electron chi connectivity index (χ2n) is 9.62. The van der Waals surface area contributed by atoms with Gasteiger partial charge in [0.2, 0.25) is 21.8 Å². The summed E-state index contributed by atoms with van der Waals surface area (Å²) in [4.78, 5) is 27.9. The number of nitrogens with one attached hydrogen (secondary N) is 1. The molecule has 0 aliphatic heterocycles. The molecule has 0 fully saturated rings. The Labute approximate surface area is 208 Å². The molecular weight excluding hydrogens is 474 g/mol. The average Bonchev–Trinajstić information content (AvgIpc) is 2.69. The zero-order chi connectivity index (χ0) is 25.8. The Balaban J connectivity index is 2.43. The summed E-state index contributed by atoms with van der Waals surface area (Å²) < 4.78 is 26.4. The van der Waals surface area contributed by atoms with E-state index < -0.39 is 34.1 Å². The Hall–Kier alpha value is -2.58. The summed E-state index contributed by atoms with van der Waals surface area (Å²) in [6.07, 6.45) is 1.07. The zero-order valence-electron chi connectivity index (χ0n) is 20.8. The molecule has 0 aromatic heterocycles. The van der Waals surface area contributed by atoms with E-state index in [0.29, 0.717) is 10.7 Å². The van der Waals surface area contributed by atoms with Gasteiger partial charge in [-0.1, -0.05) is 41.4 Å². The van der Waals surface area contributed by atoms with Crippen LogP contribution in [0.3, 0.4) is 0 Å². The third-order valence-electron chi connectivity index (χ3n) is 5.23. The molecule has 1 N–H and O–H groups in total. The lowest BCUT2D eigenvalue weighted by Crippen LogP contribution is -2.54. The molecule has 2 aromatic carbocycles. The fourth-order valence-electron chi connectivity index (χ4n) is 3.52. The van der Waals surface area contributed by atoms with E-state index in [0.717, 1.165) is 27.3 Å². The average molecular weight is 508 g/mol. The van der Waals surface area contributed by atoms with Crippen LogP contribution < -0.4 is 9.62 Å². The van der Waals surface area contributed by atoms with Crippen molar-refractivity contribution in [2.45, 2.75) is 59.7 Å². The van der Waals surface area contributed by atoms with Crippen molar-refractivity contribution in [3.63, 3.8) is 0 Å². The van der Waals surface area contributed by atoms with Crippen molar-refractivity contribution in [2.75, 3.05) is 17.1 Å². The molecule has 9 heteroatoms. The van der Waals surface area contributed by atoms with Gasteiger partial charge in [-0.05, 0) is 70.9 Å². The minimum absolute atomic E-state index is 0.124. The molecule has 0 bridgehead atoms. The molecule has 2 aromatic rings. The molecule has 7 nitrogen and oxygen atoms in total. The zero-order valence-corrected chi connectivity index (χ0v) is 22.4. The molecule has 0 heterocycles. The molecule has 0 saturated carbocycles. The summed E-state index contributed by atoms with van der Waals surface area (Å²) >= 11 is 5.99. The second kappa shape index (κ2) is 10.8. The number of amides is 2. The number of anilines is 1. The maximum Gasteiger partial charge on any atom is 0.244 e. The highest BCUT2D eigenvalue weighted by Crippen LogP contribution is 2.24. The van der Waals surface area contributed by atoms with E-state index in [1.807, 2.05) is 33.8 Å². The Kier molecular flexibility index (Phi) is 8.77. The van der Waals surface area contributed by atoms with E-state index in [2.05, 4.69) is 5.32 Å². The van der Waals surface area contributed by atoms with Gasteiger partial charge in [-0.2, -0.15) is 0 Å². The normalized spacial score (nSPS) is 12.7. The van der Waals surface area contributed by atoms with Gasteiger partial charge in [-0.15, -0.1) is 0 Å². The second-order valence-corrected chi connectivity index (χ2v) is 12.0. The molecule has 0 saturated heterocycles. The number of benzene rings is 2. The van der Waals surface area contributed by atoms with Crippen LogP contribution >= 0.6 is 11.6 Å². The van der Waals surface area contributed by atoms with Gasteiger partial charge in [0.1, 0.15) is 12.6 Å². The van der Waals surface area contributed by atoms with Crippen molar-refractivity contribution in [3.05, 3.63) is 64.2 Å². The van der Waals surface area contributed by atoms with Crippen molar-refractivity contribution in [1.82, 2.24) is 10.2 Å². The van der Waals surface area contributed by atoms with Crippen molar-refractivity contribution in [2.24, 2.45) is 0 Å². The van der Waals surface area contributed by atoms with E-state index in [1.165, 1.54) is 4.90 Å². The summed E-state index contributed by atoms with van der Waals surface area (Å²) in [6.45, 7) is 10.6. The number of sulfonamides is 1. The van der Waals surface area contributed by atoms with Crippen LogP contribution in [0.5, 0.6) is 0 Å². The molecule has 0 radical (unpaired) electrons. The van der Waals surface area contributed by atoms with Gasteiger partial charge in [-0.25, -0.2) is 8.42 Å². The maximum atomic E-state index is 13.5. The number of nitrogens with zero attached hydrogens (tertiary/aromatic N) is 2. The van der Waals surface area contributed by atoms with Crippen molar-refractivity contribution >= 4 is 39.1 Å². The molecule has 0 aliphatic carbocycles. The van der Waals surface area contributed by atoms with Crippen molar-refractivity contribution < 1.29 is 18.0 Å². The quantitative estimate of drug-likeness (QED) is 0.583. The Morgan fingerprint density at radius 3 is 2.15 bits per heavy atom. The lowest BCUT2D eigenvalue weighted by molar-refractivity contribution is -0.140. The summed E-state index contributed by atoms with van der Waals surface area (Å²) in [7, 11) is -3.77. The minimum atomic E-state index is -3.77. The van der Waals surface area contributed by atoms with Gasteiger partial charge in [0.05, 0.1) is 11.9 Å². The fourth-order valence-corrected chi connectivity index (χ4v) is 4.56. The highest BCUT2D eigenvalue weighted by Gasteiger charge is 2.31. The molecule has 0 unspecified atom stereocenters. The van der Waals surface area contributed by atoms with Crippen LogP contribution in [0.1, 0.15) is 44.4 Å². The summed E-state index contributed by atoms with van der Waals surface area (Å²) in [6, 6.07) is 11.5. The van der Waals surface area contributed by atoms with E-state index in [1.54, 1.807) is 50.2 Å². The SMILES string of the molecule is Cc1ccc(N(CC(=O)N(Cc2ccc(Cl)cc2)[C@@H](C)C(=O)NC(C)(C)C)S(C)(=O)=O)c(C)c1. The lowest BCUT2D eigenvalue weighted by Gasteiger charge is -2.33. The number of carbonyl (C=O) groups excluding carboxylic acids is 2. The van der Waals surface area contributed by atoms with E-state index >= 15 is 0 Å².